The number of hydrogen-bond acceptors (Lipinski definition) is 7. The highest BCUT2D eigenvalue weighted by Crippen LogP contribution is 2.16. The van der Waals surface area contributed by atoms with Gasteiger partial charge in [-0.1, -0.05) is 22.8 Å². The number of amides is 2. The molecule has 11 heteroatoms. The Balaban J connectivity index is 1.97. The monoisotopic (exact) mass is 382 g/mol. The molecule has 0 radical (unpaired) electrons. The van der Waals surface area contributed by atoms with Crippen molar-refractivity contribution in [2.45, 2.75) is 0 Å². The average Bonchev–Trinajstić information content (AvgIpc) is 2.99. The number of halogens is 1. The molecule has 2 rings (SSSR count). The smallest absolute Gasteiger partial charge is 0.360 e. The molecular weight excluding hydrogens is 372 g/mol. The van der Waals surface area contributed by atoms with Crippen LogP contribution >= 0.6 is 22.9 Å². The summed E-state index contributed by atoms with van der Waals surface area (Å²) < 4.78 is 0. The molecule has 0 unspecified atom stereocenters. The molecule has 1 aromatic carbocycles. The van der Waals surface area contributed by atoms with Gasteiger partial charge in [0.05, 0.1) is 0 Å². The topological polar surface area (TPSA) is 130 Å². The number of aliphatic carboxylic acids is 1. The number of rotatable bonds is 8. The Kier molecular flexibility index (Phi) is 6.43. The van der Waals surface area contributed by atoms with Crippen molar-refractivity contribution in [1.82, 2.24) is 4.98 Å². The zero-order chi connectivity index (χ0) is 18.2. The van der Waals surface area contributed by atoms with E-state index >= 15 is 0 Å². The van der Waals surface area contributed by atoms with Gasteiger partial charge in [-0.2, -0.15) is 0 Å². The van der Waals surface area contributed by atoms with Gasteiger partial charge >= 0.3 is 5.97 Å². The van der Waals surface area contributed by atoms with Crippen LogP contribution in [0.25, 0.3) is 0 Å². The second kappa shape index (κ2) is 8.76. The zero-order valence-corrected chi connectivity index (χ0v) is 14.0. The molecule has 0 aliphatic heterocycles. The van der Waals surface area contributed by atoms with Crippen molar-refractivity contribution in [3.05, 3.63) is 40.4 Å². The Morgan fingerprint density at radius 3 is 2.92 bits per heavy atom. The molecule has 0 bridgehead atoms. The maximum atomic E-state index is 11.7. The van der Waals surface area contributed by atoms with Gasteiger partial charge in [-0.25, -0.2) is 9.78 Å². The summed E-state index contributed by atoms with van der Waals surface area (Å²) in [7, 11) is 0. The van der Waals surface area contributed by atoms with Gasteiger partial charge in [0.15, 0.2) is 11.7 Å². The van der Waals surface area contributed by atoms with E-state index in [1.54, 1.807) is 24.3 Å². The Morgan fingerprint density at radius 2 is 2.24 bits per heavy atom. The minimum atomic E-state index is -1.39. The highest BCUT2D eigenvalue weighted by molar-refractivity contribution is 7.14. The molecule has 2 amide bonds. The van der Waals surface area contributed by atoms with Crippen molar-refractivity contribution in [3.63, 3.8) is 0 Å². The van der Waals surface area contributed by atoms with E-state index in [1.807, 2.05) is 0 Å². The van der Waals surface area contributed by atoms with Crippen LogP contribution in [-0.4, -0.2) is 40.7 Å². The molecule has 9 nitrogen and oxygen atoms in total. The van der Waals surface area contributed by atoms with Crippen LogP contribution in [0, 0.1) is 0 Å². The van der Waals surface area contributed by atoms with Gasteiger partial charge in [-0.15, -0.1) is 11.3 Å². The van der Waals surface area contributed by atoms with E-state index in [0.717, 1.165) is 11.3 Å². The van der Waals surface area contributed by atoms with Crippen LogP contribution in [0.2, 0.25) is 5.02 Å². The molecule has 130 valence electrons. The summed E-state index contributed by atoms with van der Waals surface area (Å²) in [6.07, 6.45) is 0.414. The Morgan fingerprint density at radius 1 is 1.44 bits per heavy atom. The number of carbonyl (C=O) groups excluding carboxylic acids is 2. The van der Waals surface area contributed by atoms with Crippen LogP contribution in [-0.2, 0) is 19.2 Å². The van der Waals surface area contributed by atoms with Crippen LogP contribution in [0.15, 0.2) is 34.8 Å². The fourth-order valence-corrected chi connectivity index (χ4v) is 2.46. The van der Waals surface area contributed by atoms with E-state index < -0.39 is 24.2 Å². The first-order valence-electron chi connectivity index (χ1n) is 6.64. The summed E-state index contributed by atoms with van der Waals surface area (Å²) in [6.45, 7) is -0.507. The molecule has 3 N–H and O–H groups in total. The van der Waals surface area contributed by atoms with E-state index in [0.29, 0.717) is 17.1 Å². The van der Waals surface area contributed by atoms with Crippen molar-refractivity contribution in [2.24, 2.45) is 5.16 Å². The second-order valence-electron chi connectivity index (χ2n) is 4.38. The van der Waals surface area contributed by atoms with Crippen LogP contribution in [0.3, 0.4) is 0 Å². The molecule has 0 saturated carbocycles. The lowest BCUT2D eigenvalue weighted by Gasteiger charge is -2.05. The zero-order valence-electron chi connectivity index (χ0n) is 12.4. The molecule has 0 atom stereocenters. The van der Waals surface area contributed by atoms with Crippen LogP contribution in [0.1, 0.15) is 5.69 Å². The van der Waals surface area contributed by atoms with Crippen molar-refractivity contribution in [1.29, 1.82) is 0 Å². The number of thiazole rings is 1. The molecule has 1 aromatic heterocycles. The van der Waals surface area contributed by atoms with Gasteiger partial charge in [0.1, 0.15) is 5.69 Å². The third-order valence-electron chi connectivity index (χ3n) is 2.59. The highest BCUT2D eigenvalue weighted by atomic mass is 35.5. The van der Waals surface area contributed by atoms with Gasteiger partial charge in [-0.05, 0) is 18.2 Å². The van der Waals surface area contributed by atoms with Crippen molar-refractivity contribution < 1.29 is 24.3 Å². The fraction of sp³-hybridized carbons (Fsp3) is 0.0714. The van der Waals surface area contributed by atoms with Crippen molar-refractivity contribution >= 4 is 57.8 Å². The summed E-state index contributed by atoms with van der Waals surface area (Å²) in [5, 5.41) is 19.4. The summed E-state index contributed by atoms with van der Waals surface area (Å²) in [6, 6.07) is 6.49. The molecule has 0 aliphatic rings. The number of anilines is 2. The SMILES string of the molecule is O=CNc1nc(/C(=N/OCC(=O)Nc2cccc(Cl)c2)C(=O)O)cs1. The van der Waals surface area contributed by atoms with E-state index in [4.69, 9.17) is 21.5 Å². The minimum Gasteiger partial charge on any atom is -0.476 e. The largest absolute Gasteiger partial charge is 0.476 e. The van der Waals surface area contributed by atoms with Crippen molar-refractivity contribution in [2.75, 3.05) is 17.2 Å². The molecule has 1 heterocycles. The third-order valence-corrected chi connectivity index (χ3v) is 3.60. The molecule has 0 aliphatic carbocycles. The predicted molar refractivity (Wildman–Crippen MR) is 92.0 cm³/mol. The summed E-state index contributed by atoms with van der Waals surface area (Å²) in [4.78, 5) is 41.9. The lowest BCUT2D eigenvalue weighted by Crippen LogP contribution is -2.20. The molecular formula is C14H11ClN4O5S. The molecule has 2 aromatic rings. The van der Waals surface area contributed by atoms with E-state index in [9.17, 15) is 14.4 Å². The minimum absolute atomic E-state index is 0.00269. The molecule has 0 saturated heterocycles. The van der Waals surface area contributed by atoms with E-state index in [-0.39, 0.29) is 10.8 Å². The van der Waals surface area contributed by atoms with Crippen LogP contribution in [0.5, 0.6) is 0 Å². The lowest BCUT2D eigenvalue weighted by atomic mass is 10.3. The number of carbonyl (C=O) groups is 3. The van der Waals surface area contributed by atoms with Gasteiger partial charge in [0.25, 0.3) is 5.91 Å². The van der Waals surface area contributed by atoms with Gasteiger partial charge in [0.2, 0.25) is 12.1 Å². The number of nitrogens with one attached hydrogen (secondary N) is 2. The Labute approximate surface area is 150 Å². The summed E-state index contributed by atoms with van der Waals surface area (Å²) in [5.74, 6) is -1.93. The molecule has 25 heavy (non-hydrogen) atoms. The average molecular weight is 383 g/mol. The van der Waals surface area contributed by atoms with Crippen molar-refractivity contribution in [3.8, 4) is 0 Å². The Bertz CT molecular complexity index is 823. The first kappa shape index (κ1) is 18.4. The van der Waals surface area contributed by atoms with Crippen LogP contribution in [0.4, 0.5) is 10.8 Å². The number of carboxylic acid groups (broad SMARTS) is 1. The fourth-order valence-electron chi connectivity index (χ4n) is 1.61. The number of oxime groups is 1. The van der Waals surface area contributed by atoms with Gasteiger partial charge in [-0.3, -0.25) is 9.59 Å². The molecule has 0 fully saturated rings. The second-order valence-corrected chi connectivity index (χ2v) is 5.67. The number of carboxylic acids is 1. The van der Waals surface area contributed by atoms with E-state index in [1.165, 1.54) is 5.38 Å². The standard InChI is InChI=1S/C14H11ClN4O5S/c15-8-2-1-3-9(4-8)17-11(21)5-24-19-12(13(22)23)10-6-25-14(18-10)16-7-20/h1-4,6-7H,5H2,(H,17,21)(H,22,23)(H,16,18,20)/b19-12-. The first-order valence-corrected chi connectivity index (χ1v) is 7.90. The van der Waals surface area contributed by atoms with Gasteiger partial charge in [0, 0.05) is 16.1 Å². The number of hydrogen-bond donors (Lipinski definition) is 3. The number of nitrogens with zero attached hydrogens (tertiary/aromatic N) is 2. The molecule has 0 spiro atoms. The quantitative estimate of drug-likeness (QED) is 0.362. The highest BCUT2D eigenvalue weighted by Gasteiger charge is 2.18. The third kappa shape index (κ3) is 5.55. The van der Waals surface area contributed by atoms with Gasteiger partial charge < -0.3 is 20.6 Å². The van der Waals surface area contributed by atoms with Crippen LogP contribution < -0.4 is 10.6 Å². The Hall–Kier alpha value is -2.98. The first-order chi connectivity index (χ1) is 12.0. The normalized spacial score (nSPS) is 10.8. The van der Waals surface area contributed by atoms with E-state index in [2.05, 4.69) is 20.8 Å². The predicted octanol–water partition coefficient (Wildman–Crippen LogP) is 1.81. The summed E-state index contributed by atoms with van der Waals surface area (Å²) in [5.41, 5.74) is -0.0320. The number of aromatic nitrogens is 1. The lowest BCUT2D eigenvalue weighted by molar-refractivity contribution is -0.130. The maximum Gasteiger partial charge on any atom is 0.360 e. The maximum absolute atomic E-state index is 11.7. The summed E-state index contributed by atoms with van der Waals surface area (Å²) >= 11 is 6.82. The number of benzene rings is 1.